The minimum absolute atomic E-state index is 0.0392. The molecule has 2 N–H and O–H groups in total. The van der Waals surface area contributed by atoms with Crippen LogP contribution in [0, 0.1) is 15.9 Å². The summed E-state index contributed by atoms with van der Waals surface area (Å²) in [6.45, 7) is -0.0774. The van der Waals surface area contributed by atoms with E-state index < -0.39 is 26.5 Å². The standard InChI is InChI=1S/C9H11ClFN3O4S/c1-12-19(17,18)3-2-13-8-4-6(10)7(11)5-9(8)14(15)16/h4-5,12-13H,2-3H2,1H3. The molecule has 0 saturated heterocycles. The van der Waals surface area contributed by atoms with Gasteiger partial charge >= 0.3 is 0 Å². The molecule has 0 spiro atoms. The van der Waals surface area contributed by atoms with Crippen molar-refractivity contribution in [3.05, 3.63) is 33.1 Å². The van der Waals surface area contributed by atoms with Gasteiger partial charge in [0.05, 0.1) is 21.8 Å². The fraction of sp³-hybridized carbons (Fsp3) is 0.333. The first kappa shape index (κ1) is 15.6. The van der Waals surface area contributed by atoms with Crippen molar-refractivity contribution in [1.82, 2.24) is 4.72 Å². The van der Waals surface area contributed by atoms with Gasteiger partial charge in [-0.05, 0) is 13.1 Å². The lowest BCUT2D eigenvalue weighted by Crippen LogP contribution is -2.26. The number of nitro benzene ring substituents is 1. The fourth-order valence-corrected chi connectivity index (χ4v) is 1.99. The second-order valence-electron chi connectivity index (χ2n) is 3.49. The van der Waals surface area contributed by atoms with Crippen molar-refractivity contribution < 1.29 is 17.7 Å². The smallest absolute Gasteiger partial charge is 0.295 e. The van der Waals surface area contributed by atoms with E-state index in [1.165, 1.54) is 7.05 Å². The summed E-state index contributed by atoms with van der Waals surface area (Å²) in [5.41, 5.74) is -0.550. The highest BCUT2D eigenvalue weighted by Crippen LogP contribution is 2.30. The monoisotopic (exact) mass is 311 g/mol. The maximum absolute atomic E-state index is 13.1. The maximum atomic E-state index is 13.1. The molecule has 0 fully saturated rings. The number of hydrogen-bond acceptors (Lipinski definition) is 5. The Morgan fingerprint density at radius 2 is 2.11 bits per heavy atom. The second-order valence-corrected chi connectivity index (χ2v) is 5.94. The molecule has 0 saturated carbocycles. The first-order valence-electron chi connectivity index (χ1n) is 5.05. The highest BCUT2D eigenvalue weighted by atomic mass is 35.5. The molecule has 1 aromatic rings. The van der Waals surface area contributed by atoms with E-state index in [-0.39, 0.29) is 23.0 Å². The number of nitro groups is 1. The normalized spacial score (nSPS) is 11.3. The molecule has 0 amide bonds. The van der Waals surface area contributed by atoms with Crippen molar-refractivity contribution >= 4 is 33.0 Å². The number of nitrogens with one attached hydrogen (secondary N) is 2. The molecule has 0 aliphatic carbocycles. The molecule has 0 atom stereocenters. The summed E-state index contributed by atoms with van der Waals surface area (Å²) in [5, 5.41) is 13.0. The molecule has 0 heterocycles. The van der Waals surface area contributed by atoms with Crippen LogP contribution in [0.3, 0.4) is 0 Å². The predicted octanol–water partition coefficient (Wildman–Crippen LogP) is 1.35. The van der Waals surface area contributed by atoms with Crippen molar-refractivity contribution in [3.63, 3.8) is 0 Å². The minimum atomic E-state index is -3.43. The van der Waals surface area contributed by atoms with Gasteiger partial charge in [0.2, 0.25) is 10.0 Å². The lowest BCUT2D eigenvalue weighted by Gasteiger charge is -2.08. The Kier molecular flexibility index (Phi) is 5.04. The zero-order valence-corrected chi connectivity index (χ0v) is 11.4. The van der Waals surface area contributed by atoms with Crippen LogP contribution in [-0.4, -0.2) is 32.7 Å². The largest absolute Gasteiger partial charge is 0.378 e. The van der Waals surface area contributed by atoms with Gasteiger partial charge in [-0.15, -0.1) is 0 Å². The third kappa shape index (κ3) is 4.30. The lowest BCUT2D eigenvalue weighted by molar-refractivity contribution is -0.384. The molecule has 19 heavy (non-hydrogen) atoms. The van der Waals surface area contributed by atoms with Crippen molar-refractivity contribution in [2.24, 2.45) is 0 Å². The average molecular weight is 312 g/mol. The molecule has 0 bridgehead atoms. The summed E-state index contributed by atoms with van der Waals surface area (Å²) < 4.78 is 37.5. The van der Waals surface area contributed by atoms with Crippen LogP contribution in [0.5, 0.6) is 0 Å². The summed E-state index contributed by atoms with van der Waals surface area (Å²) >= 11 is 5.52. The van der Waals surface area contributed by atoms with Gasteiger partial charge in [-0.25, -0.2) is 17.5 Å². The summed E-state index contributed by atoms with van der Waals surface area (Å²) in [6.07, 6.45) is 0. The molecule has 0 aliphatic heterocycles. The van der Waals surface area contributed by atoms with Crippen LogP contribution in [0.15, 0.2) is 12.1 Å². The van der Waals surface area contributed by atoms with Crippen LogP contribution in [0.4, 0.5) is 15.8 Å². The van der Waals surface area contributed by atoms with E-state index in [1.807, 2.05) is 0 Å². The zero-order valence-electron chi connectivity index (χ0n) is 9.81. The number of halogens is 2. The number of hydrogen-bond donors (Lipinski definition) is 2. The fourth-order valence-electron chi connectivity index (χ4n) is 1.25. The molecule has 0 radical (unpaired) electrons. The van der Waals surface area contributed by atoms with Gasteiger partial charge in [0, 0.05) is 6.54 Å². The van der Waals surface area contributed by atoms with E-state index in [9.17, 15) is 22.9 Å². The highest BCUT2D eigenvalue weighted by Gasteiger charge is 2.18. The predicted molar refractivity (Wildman–Crippen MR) is 69.4 cm³/mol. The Labute approximate surface area is 114 Å². The zero-order chi connectivity index (χ0) is 14.6. The van der Waals surface area contributed by atoms with Crippen molar-refractivity contribution in [1.29, 1.82) is 0 Å². The quantitative estimate of drug-likeness (QED) is 0.610. The van der Waals surface area contributed by atoms with Crippen molar-refractivity contribution in [2.75, 3.05) is 24.7 Å². The topological polar surface area (TPSA) is 101 Å². The van der Waals surface area contributed by atoms with Gasteiger partial charge in [0.15, 0.2) is 0 Å². The van der Waals surface area contributed by atoms with Gasteiger partial charge in [-0.2, -0.15) is 0 Å². The molecule has 7 nitrogen and oxygen atoms in total. The van der Waals surface area contributed by atoms with Crippen LogP contribution in [0.2, 0.25) is 5.02 Å². The first-order valence-corrected chi connectivity index (χ1v) is 7.08. The summed E-state index contributed by atoms with van der Waals surface area (Å²) in [6, 6.07) is 1.72. The van der Waals surface area contributed by atoms with E-state index >= 15 is 0 Å². The first-order chi connectivity index (χ1) is 8.76. The van der Waals surface area contributed by atoms with Gasteiger partial charge in [0.1, 0.15) is 11.5 Å². The number of benzene rings is 1. The van der Waals surface area contributed by atoms with E-state index in [0.717, 1.165) is 6.07 Å². The number of nitrogens with zero attached hydrogens (tertiary/aromatic N) is 1. The molecule has 0 aromatic heterocycles. The molecule has 0 aliphatic rings. The molecule has 1 aromatic carbocycles. The van der Waals surface area contributed by atoms with Crippen LogP contribution < -0.4 is 10.0 Å². The van der Waals surface area contributed by atoms with Crippen LogP contribution >= 0.6 is 11.6 Å². The average Bonchev–Trinajstić information content (AvgIpc) is 2.32. The van der Waals surface area contributed by atoms with Crippen LogP contribution in [0.1, 0.15) is 0 Å². The van der Waals surface area contributed by atoms with Crippen LogP contribution in [-0.2, 0) is 10.0 Å². The number of anilines is 1. The molecular weight excluding hydrogens is 301 g/mol. The van der Waals surface area contributed by atoms with E-state index in [4.69, 9.17) is 11.6 Å². The van der Waals surface area contributed by atoms with E-state index in [2.05, 4.69) is 10.0 Å². The van der Waals surface area contributed by atoms with Crippen molar-refractivity contribution in [2.45, 2.75) is 0 Å². The summed E-state index contributed by atoms with van der Waals surface area (Å²) in [4.78, 5) is 9.94. The maximum Gasteiger partial charge on any atom is 0.295 e. The molecular formula is C9H11ClFN3O4S. The minimum Gasteiger partial charge on any atom is -0.378 e. The molecule has 106 valence electrons. The molecule has 1 rings (SSSR count). The Balaban J connectivity index is 2.89. The van der Waals surface area contributed by atoms with Gasteiger partial charge < -0.3 is 5.32 Å². The Morgan fingerprint density at radius 3 is 2.63 bits per heavy atom. The number of rotatable bonds is 6. The third-order valence-corrected chi connectivity index (χ3v) is 3.89. The Hall–Kier alpha value is -1.45. The number of sulfonamides is 1. The van der Waals surface area contributed by atoms with Crippen molar-refractivity contribution in [3.8, 4) is 0 Å². The Morgan fingerprint density at radius 1 is 1.47 bits per heavy atom. The second kappa shape index (κ2) is 6.13. The van der Waals surface area contributed by atoms with Gasteiger partial charge in [0.25, 0.3) is 5.69 Å². The summed E-state index contributed by atoms with van der Waals surface area (Å²) in [7, 11) is -2.17. The van der Waals surface area contributed by atoms with Gasteiger partial charge in [-0.3, -0.25) is 10.1 Å². The molecule has 10 heteroatoms. The third-order valence-electron chi connectivity index (χ3n) is 2.23. The summed E-state index contributed by atoms with van der Waals surface area (Å²) in [5.74, 6) is -1.20. The SMILES string of the molecule is CNS(=O)(=O)CCNc1cc(Cl)c(F)cc1[N+](=O)[O-]. The van der Waals surface area contributed by atoms with E-state index in [1.54, 1.807) is 0 Å². The molecule has 0 unspecified atom stereocenters. The van der Waals surface area contributed by atoms with Crippen LogP contribution in [0.25, 0.3) is 0 Å². The highest BCUT2D eigenvalue weighted by molar-refractivity contribution is 7.89. The van der Waals surface area contributed by atoms with Gasteiger partial charge in [-0.1, -0.05) is 11.6 Å². The lowest BCUT2D eigenvalue weighted by atomic mass is 10.2. The Bertz CT molecular complexity index is 593. The van der Waals surface area contributed by atoms with E-state index in [0.29, 0.717) is 6.07 Å².